The van der Waals surface area contributed by atoms with E-state index in [0.717, 1.165) is 10.2 Å². The Morgan fingerprint density at radius 2 is 2.22 bits per heavy atom. The van der Waals surface area contributed by atoms with E-state index in [1.807, 2.05) is 24.1 Å². The summed E-state index contributed by atoms with van der Waals surface area (Å²) in [6.07, 6.45) is 1.30. The summed E-state index contributed by atoms with van der Waals surface area (Å²) in [4.78, 5) is 2.39. The summed E-state index contributed by atoms with van der Waals surface area (Å²) in [5.74, 6) is 0.118. The largest absolute Gasteiger partial charge is 0.396 e. The Hall–Kier alpha value is -0.590. The molecule has 0 aliphatic carbocycles. The van der Waals surface area contributed by atoms with E-state index in [2.05, 4.69) is 15.9 Å². The lowest BCUT2D eigenvalue weighted by atomic mass is 10.1. The summed E-state index contributed by atoms with van der Waals surface area (Å²) in [5.41, 5.74) is 0.743. The van der Waals surface area contributed by atoms with Crippen molar-refractivity contribution in [3.63, 3.8) is 0 Å². The molecular weight excluding hydrogens is 318 g/mol. The number of sulfone groups is 1. The Labute approximate surface area is 116 Å². The van der Waals surface area contributed by atoms with E-state index in [4.69, 9.17) is 5.11 Å². The van der Waals surface area contributed by atoms with Crippen LogP contribution in [-0.4, -0.2) is 39.0 Å². The summed E-state index contributed by atoms with van der Waals surface area (Å²) in [7, 11) is -1.32. The lowest BCUT2D eigenvalue weighted by Crippen LogP contribution is -2.42. The summed E-state index contributed by atoms with van der Waals surface area (Å²) >= 11 is 3.30. The Balaban J connectivity index is 2.42. The number of fused-ring (bicyclic) bond motifs is 1. The first-order chi connectivity index (χ1) is 8.45. The molecule has 1 N–H and O–H groups in total. The lowest BCUT2D eigenvalue weighted by Gasteiger charge is -2.35. The molecule has 1 unspecified atom stereocenters. The zero-order valence-corrected chi connectivity index (χ0v) is 12.5. The van der Waals surface area contributed by atoms with Gasteiger partial charge in [-0.05, 0) is 31.0 Å². The highest BCUT2D eigenvalue weighted by atomic mass is 79.9. The van der Waals surface area contributed by atoms with Gasteiger partial charge in [0.25, 0.3) is 0 Å². The van der Waals surface area contributed by atoms with Crippen LogP contribution >= 0.6 is 15.9 Å². The number of nitrogens with zero attached hydrogens (tertiary/aromatic N) is 1. The smallest absolute Gasteiger partial charge is 0.182 e. The summed E-state index contributed by atoms with van der Waals surface area (Å²) < 4.78 is 25.2. The van der Waals surface area contributed by atoms with Gasteiger partial charge in [-0.25, -0.2) is 8.42 Å². The molecule has 1 atom stereocenters. The minimum Gasteiger partial charge on any atom is -0.396 e. The standard InChI is InChI=1S/C12H16BrNO3S/c1-14-10(3-2-6-15)8-18(16,17)12-7-9(13)4-5-11(12)14/h4-5,7,10,15H,2-3,6,8H2,1H3. The van der Waals surface area contributed by atoms with Crippen LogP contribution in [0.3, 0.4) is 0 Å². The summed E-state index contributed by atoms with van der Waals surface area (Å²) in [6, 6.07) is 5.26. The predicted molar refractivity (Wildman–Crippen MR) is 74.7 cm³/mol. The van der Waals surface area contributed by atoms with Gasteiger partial charge in [0.05, 0.1) is 16.3 Å². The van der Waals surface area contributed by atoms with Crippen molar-refractivity contribution in [2.24, 2.45) is 0 Å². The molecule has 0 saturated carbocycles. The maximum atomic E-state index is 12.2. The maximum absolute atomic E-state index is 12.2. The number of benzene rings is 1. The quantitative estimate of drug-likeness (QED) is 0.916. The molecule has 0 aromatic heterocycles. The monoisotopic (exact) mass is 333 g/mol. The van der Waals surface area contributed by atoms with E-state index in [1.165, 1.54) is 0 Å². The average Bonchev–Trinajstić information content (AvgIpc) is 2.32. The van der Waals surface area contributed by atoms with Crippen LogP contribution in [0.5, 0.6) is 0 Å². The van der Waals surface area contributed by atoms with Crippen LogP contribution in [0.2, 0.25) is 0 Å². The third-order valence-electron chi connectivity index (χ3n) is 3.29. The molecule has 1 aliphatic heterocycles. The van der Waals surface area contributed by atoms with Gasteiger partial charge < -0.3 is 10.0 Å². The van der Waals surface area contributed by atoms with Crippen molar-refractivity contribution in [3.8, 4) is 0 Å². The van der Waals surface area contributed by atoms with E-state index in [9.17, 15) is 8.42 Å². The van der Waals surface area contributed by atoms with Gasteiger partial charge in [-0.15, -0.1) is 0 Å². The highest BCUT2D eigenvalue weighted by Gasteiger charge is 2.33. The van der Waals surface area contributed by atoms with Crippen molar-refractivity contribution >= 4 is 31.5 Å². The number of anilines is 1. The van der Waals surface area contributed by atoms with Crippen LogP contribution in [0, 0.1) is 0 Å². The van der Waals surface area contributed by atoms with Crippen LogP contribution in [0.15, 0.2) is 27.6 Å². The number of hydrogen-bond donors (Lipinski definition) is 1. The van der Waals surface area contributed by atoms with Gasteiger partial charge in [-0.1, -0.05) is 15.9 Å². The molecule has 0 bridgehead atoms. The van der Waals surface area contributed by atoms with Gasteiger partial charge in [0.1, 0.15) is 0 Å². The summed E-state index contributed by atoms with van der Waals surface area (Å²) in [5, 5.41) is 8.87. The lowest BCUT2D eigenvalue weighted by molar-refractivity contribution is 0.280. The molecule has 1 heterocycles. The third kappa shape index (κ3) is 2.55. The fourth-order valence-corrected chi connectivity index (χ4v) is 4.71. The van der Waals surface area contributed by atoms with Crippen molar-refractivity contribution < 1.29 is 13.5 Å². The molecule has 1 aromatic carbocycles. The Bertz CT molecular complexity index is 544. The molecule has 6 heteroatoms. The molecule has 0 fully saturated rings. The SMILES string of the molecule is CN1c2ccc(Br)cc2S(=O)(=O)CC1CCCO. The molecule has 2 rings (SSSR count). The van der Waals surface area contributed by atoms with Crippen LogP contribution in [-0.2, 0) is 9.84 Å². The van der Waals surface area contributed by atoms with E-state index in [0.29, 0.717) is 17.7 Å². The number of rotatable bonds is 3. The zero-order chi connectivity index (χ0) is 13.3. The molecule has 1 aromatic rings. The molecule has 1 aliphatic rings. The number of halogens is 1. The zero-order valence-electron chi connectivity index (χ0n) is 10.1. The van der Waals surface area contributed by atoms with Crippen LogP contribution in [0.1, 0.15) is 12.8 Å². The van der Waals surface area contributed by atoms with Gasteiger partial charge in [0, 0.05) is 24.2 Å². The molecule has 100 valence electrons. The normalized spacial score (nSPS) is 21.7. The van der Waals surface area contributed by atoms with Crippen molar-refractivity contribution in [3.05, 3.63) is 22.7 Å². The van der Waals surface area contributed by atoms with Crippen LogP contribution in [0.4, 0.5) is 5.69 Å². The molecule has 18 heavy (non-hydrogen) atoms. The molecule has 0 spiro atoms. The Morgan fingerprint density at radius 1 is 1.50 bits per heavy atom. The average molecular weight is 334 g/mol. The molecule has 0 saturated heterocycles. The highest BCUT2D eigenvalue weighted by Crippen LogP contribution is 2.35. The van der Waals surface area contributed by atoms with Gasteiger partial charge >= 0.3 is 0 Å². The Kier molecular flexibility index (Phi) is 3.99. The van der Waals surface area contributed by atoms with Gasteiger partial charge in [0.15, 0.2) is 9.84 Å². The van der Waals surface area contributed by atoms with Crippen molar-refractivity contribution in [1.82, 2.24) is 0 Å². The number of hydrogen-bond acceptors (Lipinski definition) is 4. The second kappa shape index (κ2) is 5.19. The minimum absolute atomic E-state index is 0.0594. The van der Waals surface area contributed by atoms with Gasteiger partial charge in [-0.3, -0.25) is 0 Å². The first-order valence-corrected chi connectivity index (χ1v) is 8.26. The van der Waals surface area contributed by atoms with Gasteiger partial charge in [0.2, 0.25) is 0 Å². The second-order valence-electron chi connectivity index (χ2n) is 4.52. The van der Waals surface area contributed by atoms with Crippen molar-refractivity contribution in [2.75, 3.05) is 24.3 Å². The fraction of sp³-hybridized carbons (Fsp3) is 0.500. The maximum Gasteiger partial charge on any atom is 0.182 e. The molecule has 0 radical (unpaired) electrons. The second-order valence-corrected chi connectivity index (χ2v) is 7.44. The van der Waals surface area contributed by atoms with Gasteiger partial charge in [-0.2, -0.15) is 0 Å². The molecular formula is C12H16BrNO3S. The first kappa shape index (κ1) is 13.8. The van der Waals surface area contributed by atoms with E-state index in [1.54, 1.807) is 6.07 Å². The number of aliphatic hydroxyl groups excluding tert-OH is 1. The Morgan fingerprint density at radius 3 is 2.89 bits per heavy atom. The van der Waals surface area contributed by atoms with Crippen LogP contribution < -0.4 is 4.90 Å². The predicted octanol–water partition coefficient (Wildman–Crippen LogP) is 1.81. The van der Waals surface area contributed by atoms with E-state index >= 15 is 0 Å². The van der Waals surface area contributed by atoms with E-state index in [-0.39, 0.29) is 18.4 Å². The topological polar surface area (TPSA) is 57.6 Å². The van der Waals surface area contributed by atoms with Crippen LogP contribution in [0.25, 0.3) is 0 Å². The van der Waals surface area contributed by atoms with Crippen molar-refractivity contribution in [1.29, 1.82) is 0 Å². The van der Waals surface area contributed by atoms with E-state index < -0.39 is 9.84 Å². The fourth-order valence-electron chi connectivity index (χ4n) is 2.28. The number of aliphatic hydroxyl groups is 1. The minimum atomic E-state index is -3.23. The first-order valence-electron chi connectivity index (χ1n) is 5.81. The highest BCUT2D eigenvalue weighted by molar-refractivity contribution is 9.10. The molecule has 0 amide bonds. The summed E-state index contributed by atoms with van der Waals surface area (Å²) in [6.45, 7) is 0.0948. The van der Waals surface area contributed by atoms with Crippen molar-refractivity contribution in [2.45, 2.75) is 23.8 Å². The molecule has 4 nitrogen and oxygen atoms in total. The third-order valence-corrected chi connectivity index (χ3v) is 5.61.